The minimum absolute atomic E-state index is 0.744. The van der Waals surface area contributed by atoms with E-state index in [1.54, 1.807) is 0 Å². The monoisotopic (exact) mass is 209 g/mol. The molecule has 0 fully saturated rings. The molecular formula is C12H19NS. The van der Waals surface area contributed by atoms with Gasteiger partial charge in [0, 0.05) is 18.8 Å². The molecule has 2 heteroatoms. The first-order valence-corrected chi connectivity index (χ1v) is 6.20. The molecule has 78 valence electrons. The van der Waals surface area contributed by atoms with Crippen molar-refractivity contribution in [3.05, 3.63) is 35.9 Å². The van der Waals surface area contributed by atoms with Gasteiger partial charge in [-0.2, -0.15) is 11.8 Å². The molecular weight excluding hydrogens is 190 g/mol. The molecule has 0 atom stereocenters. The van der Waals surface area contributed by atoms with E-state index in [-0.39, 0.29) is 0 Å². The quantitative estimate of drug-likeness (QED) is 0.723. The summed E-state index contributed by atoms with van der Waals surface area (Å²) in [5.74, 6) is 1.20. The Labute approximate surface area is 91.3 Å². The zero-order valence-corrected chi connectivity index (χ0v) is 9.81. The average Bonchev–Trinajstić information content (AvgIpc) is 2.18. The molecule has 1 aromatic rings. The fraction of sp³-hybridized carbons (Fsp3) is 0.500. The van der Waals surface area contributed by atoms with E-state index in [0.29, 0.717) is 0 Å². The first-order chi connectivity index (χ1) is 6.79. The second-order valence-electron chi connectivity index (χ2n) is 3.58. The van der Waals surface area contributed by atoms with Crippen LogP contribution in [0.25, 0.3) is 0 Å². The van der Waals surface area contributed by atoms with Crippen LogP contribution in [0, 0.1) is 0 Å². The van der Waals surface area contributed by atoms with Crippen molar-refractivity contribution in [1.29, 1.82) is 0 Å². The molecule has 0 aliphatic carbocycles. The minimum atomic E-state index is 0.744. The van der Waals surface area contributed by atoms with Crippen molar-refractivity contribution in [1.82, 2.24) is 5.32 Å². The number of rotatable bonds is 6. The van der Waals surface area contributed by atoms with Crippen LogP contribution in [0.5, 0.6) is 0 Å². The number of benzene rings is 1. The van der Waals surface area contributed by atoms with Crippen LogP contribution in [0.2, 0.25) is 0 Å². The van der Waals surface area contributed by atoms with Crippen molar-refractivity contribution in [3.63, 3.8) is 0 Å². The molecule has 0 aromatic heterocycles. The lowest BCUT2D eigenvalue weighted by molar-refractivity contribution is 0.731. The van der Waals surface area contributed by atoms with E-state index >= 15 is 0 Å². The summed E-state index contributed by atoms with van der Waals surface area (Å²) in [6.45, 7) is 6.56. The van der Waals surface area contributed by atoms with Gasteiger partial charge in [0.05, 0.1) is 0 Å². The van der Waals surface area contributed by atoms with Crippen molar-refractivity contribution in [2.45, 2.75) is 25.6 Å². The Kier molecular flexibility index (Phi) is 5.72. The standard InChI is InChI=1S/C12H19NS/c1-11(2)14-9-8-13-10-12-6-4-3-5-7-12/h3-7,11,13H,8-10H2,1-2H3. The lowest BCUT2D eigenvalue weighted by atomic mass is 10.2. The molecule has 0 unspecified atom stereocenters. The molecule has 14 heavy (non-hydrogen) atoms. The van der Waals surface area contributed by atoms with Crippen molar-refractivity contribution in [3.8, 4) is 0 Å². The highest BCUT2D eigenvalue weighted by Gasteiger charge is 1.94. The molecule has 0 aliphatic heterocycles. The third-order valence-corrected chi connectivity index (χ3v) is 3.01. The highest BCUT2D eigenvalue weighted by molar-refractivity contribution is 7.99. The van der Waals surface area contributed by atoms with Gasteiger partial charge in [-0.3, -0.25) is 0 Å². The van der Waals surface area contributed by atoms with E-state index in [1.165, 1.54) is 11.3 Å². The van der Waals surface area contributed by atoms with Crippen molar-refractivity contribution < 1.29 is 0 Å². The molecule has 1 nitrogen and oxygen atoms in total. The van der Waals surface area contributed by atoms with Crippen molar-refractivity contribution >= 4 is 11.8 Å². The zero-order valence-electron chi connectivity index (χ0n) is 8.99. The van der Waals surface area contributed by atoms with Crippen LogP contribution in [0.1, 0.15) is 19.4 Å². The lowest BCUT2D eigenvalue weighted by Crippen LogP contribution is -2.17. The average molecular weight is 209 g/mol. The van der Waals surface area contributed by atoms with Gasteiger partial charge in [-0.05, 0) is 10.8 Å². The Morgan fingerprint density at radius 3 is 2.57 bits per heavy atom. The summed E-state index contributed by atoms with van der Waals surface area (Å²) in [5, 5.41) is 4.18. The highest BCUT2D eigenvalue weighted by atomic mass is 32.2. The lowest BCUT2D eigenvalue weighted by Gasteiger charge is -2.06. The molecule has 1 rings (SSSR count). The van der Waals surface area contributed by atoms with Gasteiger partial charge in [0.1, 0.15) is 0 Å². The molecule has 0 aliphatic rings. The SMILES string of the molecule is CC(C)SCCNCc1ccccc1. The summed E-state index contributed by atoms with van der Waals surface area (Å²) in [6.07, 6.45) is 0. The van der Waals surface area contributed by atoms with E-state index in [0.717, 1.165) is 18.3 Å². The summed E-state index contributed by atoms with van der Waals surface area (Å²) in [6, 6.07) is 10.5. The first kappa shape index (κ1) is 11.6. The van der Waals surface area contributed by atoms with E-state index < -0.39 is 0 Å². The summed E-state index contributed by atoms with van der Waals surface area (Å²) in [5.41, 5.74) is 1.36. The molecule has 0 saturated carbocycles. The third kappa shape index (κ3) is 5.30. The van der Waals surface area contributed by atoms with Gasteiger partial charge in [0.2, 0.25) is 0 Å². The van der Waals surface area contributed by atoms with Crippen LogP contribution in [0.3, 0.4) is 0 Å². The largest absolute Gasteiger partial charge is 0.312 e. The zero-order chi connectivity index (χ0) is 10.2. The van der Waals surface area contributed by atoms with Gasteiger partial charge in [0.25, 0.3) is 0 Å². The molecule has 0 radical (unpaired) electrons. The first-order valence-electron chi connectivity index (χ1n) is 5.15. The highest BCUT2D eigenvalue weighted by Crippen LogP contribution is 2.07. The Morgan fingerprint density at radius 1 is 1.21 bits per heavy atom. The molecule has 0 spiro atoms. The normalized spacial score (nSPS) is 10.8. The topological polar surface area (TPSA) is 12.0 Å². The number of hydrogen-bond donors (Lipinski definition) is 1. The van der Waals surface area contributed by atoms with Gasteiger partial charge in [-0.15, -0.1) is 0 Å². The Balaban J connectivity index is 2.05. The maximum atomic E-state index is 3.44. The van der Waals surface area contributed by atoms with Crippen LogP contribution in [-0.4, -0.2) is 17.5 Å². The summed E-state index contributed by atoms with van der Waals surface area (Å²) in [4.78, 5) is 0. The van der Waals surface area contributed by atoms with Gasteiger partial charge in [-0.1, -0.05) is 44.2 Å². The minimum Gasteiger partial charge on any atom is -0.312 e. The van der Waals surface area contributed by atoms with Crippen LogP contribution < -0.4 is 5.32 Å². The second kappa shape index (κ2) is 6.91. The summed E-state index contributed by atoms with van der Waals surface area (Å²) < 4.78 is 0. The van der Waals surface area contributed by atoms with Crippen LogP contribution in [-0.2, 0) is 6.54 Å². The third-order valence-electron chi connectivity index (χ3n) is 1.90. The number of nitrogens with one attached hydrogen (secondary N) is 1. The number of thioether (sulfide) groups is 1. The maximum Gasteiger partial charge on any atom is 0.0205 e. The van der Waals surface area contributed by atoms with Crippen molar-refractivity contribution in [2.75, 3.05) is 12.3 Å². The van der Waals surface area contributed by atoms with Crippen LogP contribution in [0.4, 0.5) is 0 Å². The summed E-state index contributed by atoms with van der Waals surface area (Å²) >= 11 is 2.00. The van der Waals surface area contributed by atoms with Gasteiger partial charge in [-0.25, -0.2) is 0 Å². The predicted octanol–water partition coefficient (Wildman–Crippen LogP) is 2.92. The van der Waals surface area contributed by atoms with Gasteiger partial charge in [0.15, 0.2) is 0 Å². The molecule has 0 bridgehead atoms. The second-order valence-corrected chi connectivity index (χ2v) is 5.27. The van der Waals surface area contributed by atoms with Crippen LogP contribution in [0.15, 0.2) is 30.3 Å². The maximum absolute atomic E-state index is 3.44. The van der Waals surface area contributed by atoms with E-state index in [2.05, 4.69) is 49.5 Å². The van der Waals surface area contributed by atoms with Crippen LogP contribution >= 0.6 is 11.8 Å². The molecule has 0 saturated heterocycles. The van der Waals surface area contributed by atoms with Gasteiger partial charge >= 0.3 is 0 Å². The van der Waals surface area contributed by atoms with E-state index in [1.807, 2.05) is 11.8 Å². The fourth-order valence-electron chi connectivity index (χ4n) is 1.20. The smallest absolute Gasteiger partial charge is 0.0205 e. The molecule has 1 N–H and O–H groups in total. The fourth-order valence-corrected chi connectivity index (χ4v) is 1.93. The predicted molar refractivity (Wildman–Crippen MR) is 65.7 cm³/mol. The summed E-state index contributed by atoms with van der Waals surface area (Å²) in [7, 11) is 0. The van der Waals surface area contributed by atoms with E-state index in [4.69, 9.17) is 0 Å². The molecule has 1 aromatic carbocycles. The van der Waals surface area contributed by atoms with E-state index in [9.17, 15) is 0 Å². The van der Waals surface area contributed by atoms with Gasteiger partial charge < -0.3 is 5.32 Å². The number of hydrogen-bond acceptors (Lipinski definition) is 2. The molecule has 0 heterocycles. The van der Waals surface area contributed by atoms with Crippen molar-refractivity contribution in [2.24, 2.45) is 0 Å². The molecule has 0 amide bonds. The Morgan fingerprint density at radius 2 is 1.93 bits per heavy atom. The Hall–Kier alpha value is -0.470. The Bertz CT molecular complexity index is 233.